The minimum atomic E-state index is -0.356. The number of nitrogens with one attached hydrogen (secondary N) is 1. The molecule has 3 aliphatic heterocycles. The van der Waals surface area contributed by atoms with Crippen LogP contribution in [0.2, 0.25) is 0 Å². The molecule has 0 spiro atoms. The Morgan fingerprint density at radius 2 is 1.75 bits per heavy atom. The average molecular weight is 484 g/mol. The SMILES string of the molecule is O=C(N/C(=C\c1ccc2c(c1)OCO2)C(=O)N1C[C@H]2C[C@@H](C1)c1cccc(=O)n1C2)c1ccccc1. The molecular weight excluding hydrogens is 458 g/mol. The summed E-state index contributed by atoms with van der Waals surface area (Å²) in [5, 5.41) is 2.84. The van der Waals surface area contributed by atoms with Gasteiger partial charge in [0.05, 0.1) is 0 Å². The Kier molecular flexibility index (Phi) is 5.56. The van der Waals surface area contributed by atoms with Crippen molar-refractivity contribution < 1.29 is 19.1 Å². The Balaban J connectivity index is 1.31. The molecule has 2 bridgehead atoms. The number of benzene rings is 2. The molecule has 2 atom stereocenters. The van der Waals surface area contributed by atoms with Gasteiger partial charge in [-0.3, -0.25) is 14.4 Å². The molecule has 4 heterocycles. The second-order valence-corrected chi connectivity index (χ2v) is 9.40. The number of amides is 2. The topological polar surface area (TPSA) is 89.9 Å². The lowest BCUT2D eigenvalue weighted by atomic mass is 9.83. The monoisotopic (exact) mass is 483 g/mol. The first kappa shape index (κ1) is 22.2. The van der Waals surface area contributed by atoms with Gasteiger partial charge in [0.15, 0.2) is 11.5 Å². The largest absolute Gasteiger partial charge is 0.454 e. The number of carbonyl (C=O) groups excluding carboxylic acids is 2. The number of carbonyl (C=O) groups is 2. The summed E-state index contributed by atoms with van der Waals surface area (Å²) in [5.41, 5.74) is 2.33. The van der Waals surface area contributed by atoms with Crippen LogP contribution in [-0.2, 0) is 11.3 Å². The molecule has 1 N–H and O–H groups in total. The second kappa shape index (κ2) is 9.03. The third kappa shape index (κ3) is 4.15. The normalized spacial score (nSPS) is 20.0. The minimum Gasteiger partial charge on any atom is -0.454 e. The zero-order chi connectivity index (χ0) is 24.6. The van der Waals surface area contributed by atoms with Crippen LogP contribution in [0.25, 0.3) is 6.08 Å². The molecule has 1 aromatic heterocycles. The summed E-state index contributed by atoms with van der Waals surface area (Å²) < 4.78 is 12.7. The van der Waals surface area contributed by atoms with Gasteiger partial charge in [-0.05, 0) is 54.3 Å². The van der Waals surface area contributed by atoms with E-state index in [0.29, 0.717) is 42.3 Å². The van der Waals surface area contributed by atoms with Crippen LogP contribution in [0, 0.1) is 5.92 Å². The summed E-state index contributed by atoms with van der Waals surface area (Å²) in [6.07, 6.45) is 2.61. The Morgan fingerprint density at radius 3 is 2.61 bits per heavy atom. The van der Waals surface area contributed by atoms with Gasteiger partial charge in [0.2, 0.25) is 6.79 Å². The number of fused-ring (bicyclic) bond motifs is 5. The molecule has 182 valence electrons. The highest BCUT2D eigenvalue weighted by Crippen LogP contribution is 2.36. The summed E-state index contributed by atoms with van der Waals surface area (Å²) in [6, 6.07) is 19.5. The lowest BCUT2D eigenvalue weighted by Gasteiger charge is -2.43. The molecule has 0 aliphatic carbocycles. The molecule has 1 fully saturated rings. The highest BCUT2D eigenvalue weighted by atomic mass is 16.7. The molecule has 0 radical (unpaired) electrons. The fourth-order valence-electron chi connectivity index (χ4n) is 5.34. The number of rotatable bonds is 4. The van der Waals surface area contributed by atoms with Gasteiger partial charge in [0.25, 0.3) is 17.4 Å². The van der Waals surface area contributed by atoms with Crippen LogP contribution in [0.4, 0.5) is 0 Å². The molecular formula is C28H25N3O5. The van der Waals surface area contributed by atoms with Crippen LogP contribution >= 0.6 is 0 Å². The Labute approximate surface area is 207 Å². The summed E-state index contributed by atoms with van der Waals surface area (Å²) in [7, 11) is 0. The van der Waals surface area contributed by atoms with Crippen LogP contribution in [0.1, 0.15) is 34.0 Å². The van der Waals surface area contributed by atoms with Crippen molar-refractivity contribution in [1.82, 2.24) is 14.8 Å². The van der Waals surface area contributed by atoms with E-state index in [1.807, 2.05) is 22.8 Å². The number of aromatic nitrogens is 1. The van der Waals surface area contributed by atoms with Crippen LogP contribution in [0.3, 0.4) is 0 Å². The Bertz CT molecular complexity index is 1430. The molecule has 36 heavy (non-hydrogen) atoms. The molecule has 3 aliphatic rings. The van der Waals surface area contributed by atoms with E-state index < -0.39 is 0 Å². The number of nitrogens with zero attached hydrogens (tertiary/aromatic N) is 2. The molecule has 8 heteroatoms. The number of piperidine rings is 1. The number of hydrogen-bond donors (Lipinski definition) is 1. The van der Waals surface area contributed by atoms with Gasteiger partial charge in [-0.15, -0.1) is 0 Å². The van der Waals surface area contributed by atoms with Crippen molar-refractivity contribution in [2.24, 2.45) is 5.92 Å². The summed E-state index contributed by atoms with van der Waals surface area (Å²) in [5.74, 6) is 0.887. The van der Waals surface area contributed by atoms with Gasteiger partial charge in [-0.1, -0.05) is 30.3 Å². The smallest absolute Gasteiger partial charge is 0.270 e. The van der Waals surface area contributed by atoms with E-state index in [1.54, 1.807) is 59.5 Å². The number of pyridine rings is 1. The van der Waals surface area contributed by atoms with Crippen LogP contribution in [0.5, 0.6) is 11.5 Å². The van der Waals surface area contributed by atoms with Gasteiger partial charge in [0.1, 0.15) is 5.70 Å². The van der Waals surface area contributed by atoms with Crippen molar-refractivity contribution >= 4 is 17.9 Å². The molecule has 0 saturated carbocycles. The van der Waals surface area contributed by atoms with E-state index in [4.69, 9.17) is 9.47 Å². The maximum absolute atomic E-state index is 13.8. The molecule has 3 aromatic rings. The summed E-state index contributed by atoms with van der Waals surface area (Å²) >= 11 is 0. The van der Waals surface area contributed by atoms with Crippen LogP contribution in [0.15, 0.2) is 77.2 Å². The zero-order valence-corrected chi connectivity index (χ0v) is 19.6. The minimum absolute atomic E-state index is 0.000457. The molecule has 6 rings (SSSR count). The van der Waals surface area contributed by atoms with E-state index in [-0.39, 0.29) is 41.7 Å². The average Bonchev–Trinajstić information content (AvgIpc) is 3.37. The molecule has 1 saturated heterocycles. The predicted molar refractivity (Wildman–Crippen MR) is 133 cm³/mol. The molecule has 2 aromatic carbocycles. The second-order valence-electron chi connectivity index (χ2n) is 9.40. The van der Waals surface area contributed by atoms with Gasteiger partial charge in [0, 0.05) is 42.9 Å². The highest BCUT2D eigenvalue weighted by Gasteiger charge is 2.37. The number of ether oxygens (including phenoxy) is 2. The van der Waals surface area contributed by atoms with Crippen molar-refractivity contribution in [3.8, 4) is 11.5 Å². The first-order chi connectivity index (χ1) is 17.5. The Hall–Kier alpha value is -4.33. The molecule has 2 amide bonds. The van der Waals surface area contributed by atoms with Gasteiger partial charge < -0.3 is 24.3 Å². The lowest BCUT2D eigenvalue weighted by molar-refractivity contribution is -0.130. The van der Waals surface area contributed by atoms with Gasteiger partial charge >= 0.3 is 0 Å². The number of hydrogen-bond acceptors (Lipinski definition) is 5. The van der Waals surface area contributed by atoms with Gasteiger partial charge in [-0.25, -0.2) is 0 Å². The van der Waals surface area contributed by atoms with Crippen molar-refractivity contribution in [2.45, 2.75) is 18.9 Å². The maximum Gasteiger partial charge on any atom is 0.270 e. The zero-order valence-electron chi connectivity index (χ0n) is 19.6. The molecule has 0 unspecified atom stereocenters. The lowest BCUT2D eigenvalue weighted by Crippen LogP contribution is -2.50. The fourth-order valence-corrected chi connectivity index (χ4v) is 5.34. The first-order valence-electron chi connectivity index (χ1n) is 12.0. The maximum atomic E-state index is 13.8. The van der Waals surface area contributed by atoms with Gasteiger partial charge in [-0.2, -0.15) is 0 Å². The van der Waals surface area contributed by atoms with Crippen molar-refractivity contribution in [1.29, 1.82) is 0 Å². The highest BCUT2D eigenvalue weighted by molar-refractivity contribution is 6.05. The third-order valence-electron chi connectivity index (χ3n) is 6.99. The first-order valence-corrected chi connectivity index (χ1v) is 12.0. The third-order valence-corrected chi connectivity index (χ3v) is 6.99. The van der Waals surface area contributed by atoms with Crippen molar-refractivity contribution in [3.05, 3.63) is 99.6 Å². The Morgan fingerprint density at radius 1 is 0.917 bits per heavy atom. The fraction of sp³-hybridized carbons (Fsp3) is 0.250. The van der Waals surface area contributed by atoms with E-state index in [9.17, 15) is 14.4 Å². The van der Waals surface area contributed by atoms with Crippen molar-refractivity contribution in [3.63, 3.8) is 0 Å². The van der Waals surface area contributed by atoms with E-state index >= 15 is 0 Å². The van der Waals surface area contributed by atoms with E-state index in [2.05, 4.69) is 5.32 Å². The summed E-state index contributed by atoms with van der Waals surface area (Å²) in [6.45, 7) is 1.75. The quantitative estimate of drug-likeness (QED) is 0.577. The summed E-state index contributed by atoms with van der Waals surface area (Å²) in [4.78, 5) is 41.0. The number of likely N-dealkylation sites (tertiary alicyclic amines) is 1. The van der Waals surface area contributed by atoms with Crippen molar-refractivity contribution in [2.75, 3.05) is 19.9 Å². The van der Waals surface area contributed by atoms with Crippen LogP contribution < -0.4 is 20.3 Å². The van der Waals surface area contributed by atoms with Crippen LogP contribution in [-0.4, -0.2) is 41.2 Å². The standard InChI is InChI=1S/C28H25N3O5/c32-26-8-4-7-23-21-11-19(15-31(23)26)14-30(16-21)28(34)22(29-27(33)20-5-2-1-3-6-20)12-18-9-10-24-25(13-18)36-17-35-24/h1-10,12-13,19,21H,11,14-17H2,(H,29,33)/b22-12-/t19-,21+/m1/s1. The molecule has 8 nitrogen and oxygen atoms in total. The van der Waals surface area contributed by atoms with E-state index in [1.165, 1.54) is 0 Å². The predicted octanol–water partition coefficient (Wildman–Crippen LogP) is 2.99. The van der Waals surface area contributed by atoms with E-state index in [0.717, 1.165) is 12.1 Å².